The highest BCUT2D eigenvalue weighted by Gasteiger charge is 2.32. The fraction of sp³-hybridized carbons (Fsp3) is 0.500. The number of amides is 1. The zero-order valence-electron chi connectivity index (χ0n) is 16.2. The summed E-state index contributed by atoms with van der Waals surface area (Å²) in [7, 11) is 0. The Balaban J connectivity index is 2.09. The number of hydrogen-bond acceptors (Lipinski definition) is 2. The van der Waals surface area contributed by atoms with Crippen LogP contribution in [0.25, 0.3) is 0 Å². The molecule has 1 fully saturated rings. The molecule has 1 aliphatic rings. The third kappa shape index (κ3) is 4.51. The molecule has 1 amide bonds. The van der Waals surface area contributed by atoms with E-state index in [0.717, 1.165) is 48.2 Å². The standard InChI is InChI=1S/C20H22ClF3N2OS/c1-11-16(19(2,3)4)28-18(26(11)10-12-5-6-12)25-17(27)14-9-13(20(22,23)24)7-8-15(14)21/h7-9,12H,5-6,10H2,1-4H3/b25-18-. The molecule has 0 saturated heterocycles. The number of thiazole rings is 1. The van der Waals surface area contributed by atoms with Crippen LogP contribution in [-0.4, -0.2) is 10.5 Å². The highest BCUT2D eigenvalue weighted by molar-refractivity contribution is 7.09. The molecule has 152 valence electrons. The number of carbonyl (C=O) groups is 1. The summed E-state index contributed by atoms with van der Waals surface area (Å²) in [5.74, 6) is -0.199. The van der Waals surface area contributed by atoms with Gasteiger partial charge >= 0.3 is 6.18 Å². The van der Waals surface area contributed by atoms with Gasteiger partial charge in [-0.2, -0.15) is 18.2 Å². The van der Waals surface area contributed by atoms with Crippen LogP contribution in [-0.2, 0) is 18.1 Å². The number of aromatic nitrogens is 1. The van der Waals surface area contributed by atoms with Crippen molar-refractivity contribution in [3.63, 3.8) is 0 Å². The first kappa shape index (κ1) is 21.1. The van der Waals surface area contributed by atoms with Crippen molar-refractivity contribution in [2.75, 3.05) is 0 Å². The number of hydrogen-bond donors (Lipinski definition) is 0. The third-order valence-electron chi connectivity index (χ3n) is 4.70. The van der Waals surface area contributed by atoms with Crippen molar-refractivity contribution in [1.82, 2.24) is 4.57 Å². The normalized spacial score (nSPS) is 15.9. The van der Waals surface area contributed by atoms with E-state index in [1.807, 2.05) is 11.5 Å². The Morgan fingerprint density at radius 2 is 1.93 bits per heavy atom. The minimum atomic E-state index is -4.55. The molecule has 8 heteroatoms. The summed E-state index contributed by atoms with van der Waals surface area (Å²) in [6.45, 7) is 9.02. The maximum atomic E-state index is 13.0. The van der Waals surface area contributed by atoms with Gasteiger partial charge in [0.25, 0.3) is 5.91 Å². The Morgan fingerprint density at radius 1 is 1.29 bits per heavy atom. The molecular weight excluding hydrogens is 409 g/mol. The molecular formula is C20H22ClF3N2OS. The SMILES string of the molecule is Cc1c(C(C)(C)C)s/c(=N\C(=O)c2cc(C(F)(F)F)ccc2Cl)n1CC1CC1. The Bertz CT molecular complexity index is 979. The second-order valence-corrected chi connectivity index (χ2v) is 9.60. The molecule has 0 bridgehead atoms. The predicted octanol–water partition coefficient (Wildman–Crippen LogP) is 5.98. The fourth-order valence-electron chi connectivity index (χ4n) is 3.05. The maximum absolute atomic E-state index is 13.0. The van der Waals surface area contributed by atoms with Gasteiger partial charge in [0.2, 0.25) is 0 Å². The highest BCUT2D eigenvalue weighted by Crippen LogP contribution is 2.34. The average molecular weight is 431 g/mol. The first-order chi connectivity index (χ1) is 12.9. The molecule has 28 heavy (non-hydrogen) atoms. The zero-order valence-corrected chi connectivity index (χ0v) is 17.7. The maximum Gasteiger partial charge on any atom is 0.416 e. The van der Waals surface area contributed by atoms with Gasteiger partial charge in [-0.25, -0.2) is 0 Å². The lowest BCUT2D eigenvalue weighted by atomic mass is 9.93. The first-order valence-electron chi connectivity index (χ1n) is 9.04. The molecule has 0 radical (unpaired) electrons. The van der Waals surface area contributed by atoms with Crippen LogP contribution in [0.15, 0.2) is 23.2 Å². The average Bonchev–Trinajstić information content (AvgIpc) is 3.32. The lowest BCUT2D eigenvalue weighted by Gasteiger charge is -2.17. The molecule has 2 aromatic rings. The largest absolute Gasteiger partial charge is 0.416 e. The number of halogens is 4. The van der Waals surface area contributed by atoms with Crippen LogP contribution in [0.1, 0.15) is 60.1 Å². The molecule has 0 spiro atoms. The molecule has 1 heterocycles. The second-order valence-electron chi connectivity index (χ2n) is 8.21. The first-order valence-corrected chi connectivity index (χ1v) is 10.2. The van der Waals surface area contributed by atoms with Gasteiger partial charge in [0, 0.05) is 17.1 Å². The van der Waals surface area contributed by atoms with Crippen molar-refractivity contribution < 1.29 is 18.0 Å². The molecule has 0 unspecified atom stereocenters. The fourth-order valence-corrected chi connectivity index (χ4v) is 4.45. The second kappa shape index (κ2) is 7.34. The number of carbonyl (C=O) groups excluding carboxylic acids is 1. The molecule has 3 nitrogen and oxygen atoms in total. The van der Waals surface area contributed by atoms with E-state index in [9.17, 15) is 18.0 Å². The van der Waals surface area contributed by atoms with Gasteiger partial charge in [-0.1, -0.05) is 32.4 Å². The van der Waals surface area contributed by atoms with Crippen molar-refractivity contribution in [3.8, 4) is 0 Å². The Kier molecular flexibility index (Phi) is 5.53. The van der Waals surface area contributed by atoms with Gasteiger partial charge in [0.05, 0.1) is 16.1 Å². The van der Waals surface area contributed by atoms with Gasteiger partial charge in [-0.3, -0.25) is 4.79 Å². The third-order valence-corrected chi connectivity index (χ3v) is 6.63. The minimum absolute atomic E-state index is 0.0418. The summed E-state index contributed by atoms with van der Waals surface area (Å²) in [5.41, 5.74) is -0.229. The number of nitrogens with zero attached hydrogens (tertiary/aromatic N) is 2. The van der Waals surface area contributed by atoms with Crippen LogP contribution in [0.4, 0.5) is 13.2 Å². The van der Waals surface area contributed by atoms with Crippen LogP contribution in [0.3, 0.4) is 0 Å². The summed E-state index contributed by atoms with van der Waals surface area (Å²) in [4.78, 5) is 18.5. The van der Waals surface area contributed by atoms with Crippen molar-refractivity contribution in [2.24, 2.45) is 10.9 Å². The summed E-state index contributed by atoms with van der Waals surface area (Å²) in [6, 6.07) is 2.72. The quantitative estimate of drug-likeness (QED) is 0.589. The van der Waals surface area contributed by atoms with E-state index in [1.54, 1.807) is 0 Å². The van der Waals surface area contributed by atoms with E-state index in [2.05, 4.69) is 25.8 Å². The molecule has 1 aromatic carbocycles. The van der Waals surface area contributed by atoms with Crippen molar-refractivity contribution in [3.05, 3.63) is 49.7 Å². The summed E-state index contributed by atoms with van der Waals surface area (Å²) < 4.78 is 41.0. The lowest BCUT2D eigenvalue weighted by Crippen LogP contribution is -2.20. The topological polar surface area (TPSA) is 34.4 Å². The molecule has 1 saturated carbocycles. The van der Waals surface area contributed by atoms with Crippen molar-refractivity contribution in [2.45, 2.75) is 58.7 Å². The molecule has 3 rings (SSSR count). The van der Waals surface area contributed by atoms with E-state index < -0.39 is 17.6 Å². The Hall–Kier alpha value is -1.60. The minimum Gasteiger partial charge on any atom is -0.320 e. The smallest absolute Gasteiger partial charge is 0.320 e. The summed E-state index contributed by atoms with van der Waals surface area (Å²) in [5, 5.41) is -0.0418. The van der Waals surface area contributed by atoms with Crippen molar-refractivity contribution >= 4 is 28.8 Å². The Morgan fingerprint density at radius 3 is 2.46 bits per heavy atom. The van der Waals surface area contributed by atoms with Gasteiger partial charge in [-0.15, -0.1) is 11.3 Å². The molecule has 0 aliphatic heterocycles. The van der Waals surface area contributed by atoms with E-state index >= 15 is 0 Å². The predicted molar refractivity (Wildman–Crippen MR) is 105 cm³/mol. The monoisotopic (exact) mass is 430 g/mol. The molecule has 0 atom stereocenters. The zero-order chi connectivity index (χ0) is 20.9. The number of alkyl halides is 3. The molecule has 0 N–H and O–H groups in total. The van der Waals surface area contributed by atoms with Crippen LogP contribution < -0.4 is 4.80 Å². The highest BCUT2D eigenvalue weighted by atomic mass is 35.5. The number of benzene rings is 1. The summed E-state index contributed by atoms with van der Waals surface area (Å²) >= 11 is 7.41. The van der Waals surface area contributed by atoms with Crippen LogP contribution in [0, 0.1) is 12.8 Å². The van der Waals surface area contributed by atoms with Gasteiger partial charge < -0.3 is 4.57 Å². The van der Waals surface area contributed by atoms with E-state index in [0.29, 0.717) is 10.7 Å². The molecule has 1 aromatic heterocycles. The molecule has 1 aliphatic carbocycles. The van der Waals surface area contributed by atoms with Crippen LogP contribution in [0.2, 0.25) is 5.02 Å². The van der Waals surface area contributed by atoms with E-state index in [1.165, 1.54) is 11.3 Å². The van der Waals surface area contributed by atoms with E-state index in [-0.39, 0.29) is 16.0 Å². The van der Waals surface area contributed by atoms with Crippen LogP contribution >= 0.6 is 22.9 Å². The van der Waals surface area contributed by atoms with Crippen molar-refractivity contribution in [1.29, 1.82) is 0 Å². The van der Waals surface area contributed by atoms with E-state index in [4.69, 9.17) is 11.6 Å². The Labute approximate surface area is 170 Å². The van der Waals surface area contributed by atoms with Gasteiger partial charge in [0.15, 0.2) is 4.80 Å². The van der Waals surface area contributed by atoms with Crippen LogP contribution in [0.5, 0.6) is 0 Å². The van der Waals surface area contributed by atoms with Gasteiger partial charge in [0.1, 0.15) is 0 Å². The number of rotatable bonds is 3. The lowest BCUT2D eigenvalue weighted by molar-refractivity contribution is -0.137. The van der Waals surface area contributed by atoms with Gasteiger partial charge in [-0.05, 0) is 49.3 Å². The summed E-state index contributed by atoms with van der Waals surface area (Å²) in [6.07, 6.45) is -2.27.